The first kappa shape index (κ1) is 28.5. The van der Waals surface area contributed by atoms with Crippen molar-refractivity contribution in [2.45, 2.75) is 117 Å². The number of amidine groups is 1. The SMILES string of the molecule is CC/C=C/CCCCCCCC(=O)OCCN1CCN=C1CCCCCCC/C=C/CC. The van der Waals surface area contributed by atoms with Gasteiger partial charge in [0.05, 0.1) is 18.9 Å². The third-order valence-electron chi connectivity index (χ3n) is 5.98. The summed E-state index contributed by atoms with van der Waals surface area (Å²) in [4.78, 5) is 19.0. The third-order valence-corrected chi connectivity index (χ3v) is 5.98. The van der Waals surface area contributed by atoms with Crippen LogP contribution >= 0.6 is 0 Å². The first-order valence-corrected chi connectivity index (χ1v) is 13.5. The number of hydrogen-bond donors (Lipinski definition) is 0. The Hall–Kier alpha value is -1.58. The van der Waals surface area contributed by atoms with Crippen molar-refractivity contribution in [2.75, 3.05) is 26.2 Å². The summed E-state index contributed by atoms with van der Waals surface area (Å²) < 4.78 is 5.47. The predicted octanol–water partition coefficient (Wildman–Crippen LogP) is 7.64. The molecule has 32 heavy (non-hydrogen) atoms. The fourth-order valence-corrected chi connectivity index (χ4v) is 4.06. The van der Waals surface area contributed by atoms with Gasteiger partial charge in [0.25, 0.3) is 0 Å². The summed E-state index contributed by atoms with van der Waals surface area (Å²) in [5.74, 6) is 1.18. The zero-order valence-corrected chi connectivity index (χ0v) is 21.2. The van der Waals surface area contributed by atoms with Crippen molar-refractivity contribution in [1.29, 1.82) is 0 Å². The van der Waals surface area contributed by atoms with Crippen molar-refractivity contribution < 1.29 is 9.53 Å². The molecule has 0 saturated heterocycles. The number of carbonyl (C=O) groups excluding carboxylic acids is 1. The van der Waals surface area contributed by atoms with Crippen LogP contribution in [0.15, 0.2) is 29.3 Å². The number of allylic oxidation sites excluding steroid dienone is 4. The van der Waals surface area contributed by atoms with Gasteiger partial charge in [0.15, 0.2) is 0 Å². The van der Waals surface area contributed by atoms with Crippen LogP contribution < -0.4 is 0 Å². The first-order valence-electron chi connectivity index (χ1n) is 13.5. The molecule has 0 atom stereocenters. The van der Waals surface area contributed by atoms with Crippen molar-refractivity contribution in [3.05, 3.63) is 24.3 Å². The van der Waals surface area contributed by atoms with Crippen LogP contribution in [0.3, 0.4) is 0 Å². The zero-order valence-electron chi connectivity index (χ0n) is 21.2. The van der Waals surface area contributed by atoms with E-state index in [0.717, 1.165) is 51.7 Å². The molecule has 0 aromatic rings. The monoisotopic (exact) mass is 446 g/mol. The molecule has 4 heteroatoms. The van der Waals surface area contributed by atoms with Crippen LogP contribution in [0.25, 0.3) is 0 Å². The van der Waals surface area contributed by atoms with Crippen LogP contribution in [0, 0.1) is 0 Å². The Balaban J connectivity index is 1.97. The van der Waals surface area contributed by atoms with E-state index < -0.39 is 0 Å². The Morgan fingerprint density at radius 3 is 2.09 bits per heavy atom. The quantitative estimate of drug-likeness (QED) is 0.103. The van der Waals surface area contributed by atoms with Crippen LogP contribution in [0.4, 0.5) is 0 Å². The minimum atomic E-state index is -0.0395. The Kier molecular flexibility index (Phi) is 18.9. The largest absolute Gasteiger partial charge is 0.464 e. The molecule has 184 valence electrons. The van der Waals surface area contributed by atoms with E-state index in [1.807, 2.05) is 0 Å². The zero-order chi connectivity index (χ0) is 23.1. The van der Waals surface area contributed by atoms with Crippen molar-refractivity contribution in [1.82, 2.24) is 4.90 Å². The van der Waals surface area contributed by atoms with Gasteiger partial charge >= 0.3 is 5.97 Å². The van der Waals surface area contributed by atoms with Crippen molar-refractivity contribution in [3.8, 4) is 0 Å². The van der Waals surface area contributed by atoms with Crippen LogP contribution in [0.2, 0.25) is 0 Å². The Labute approximate surface area is 198 Å². The Bertz CT molecular complexity index is 540. The van der Waals surface area contributed by atoms with Gasteiger partial charge in [-0.05, 0) is 51.4 Å². The van der Waals surface area contributed by atoms with E-state index in [9.17, 15) is 4.79 Å². The number of hydrogen-bond acceptors (Lipinski definition) is 4. The number of ether oxygens (including phenoxy) is 1. The van der Waals surface area contributed by atoms with Gasteiger partial charge in [-0.3, -0.25) is 9.79 Å². The number of unbranched alkanes of at least 4 members (excludes halogenated alkanes) is 10. The summed E-state index contributed by atoms with van der Waals surface area (Å²) in [7, 11) is 0. The maximum absolute atomic E-state index is 12.0. The van der Waals surface area contributed by atoms with Crippen molar-refractivity contribution >= 4 is 11.8 Å². The highest BCUT2D eigenvalue weighted by atomic mass is 16.5. The number of carbonyl (C=O) groups is 1. The molecule has 0 fully saturated rings. The second-order valence-electron chi connectivity index (χ2n) is 8.88. The summed E-state index contributed by atoms with van der Waals surface area (Å²) in [6, 6.07) is 0. The molecule has 0 saturated carbocycles. The minimum absolute atomic E-state index is 0.0395. The summed E-state index contributed by atoms with van der Waals surface area (Å²) in [5.41, 5.74) is 0. The molecule has 4 nitrogen and oxygen atoms in total. The molecule has 1 rings (SSSR count). The fourth-order valence-electron chi connectivity index (χ4n) is 4.06. The molecule has 0 aliphatic carbocycles. The number of rotatable bonds is 21. The van der Waals surface area contributed by atoms with Gasteiger partial charge in [-0.15, -0.1) is 0 Å². The lowest BCUT2D eigenvalue weighted by Gasteiger charge is -2.20. The molecule has 0 aromatic carbocycles. The highest BCUT2D eigenvalue weighted by molar-refractivity contribution is 5.83. The molecule has 0 radical (unpaired) electrons. The van der Waals surface area contributed by atoms with Gasteiger partial charge in [0.2, 0.25) is 0 Å². The molecule has 1 aliphatic rings. The normalized spacial score (nSPS) is 14.1. The molecule has 0 N–H and O–H groups in total. The van der Waals surface area contributed by atoms with E-state index in [-0.39, 0.29) is 5.97 Å². The topological polar surface area (TPSA) is 41.9 Å². The Morgan fingerprint density at radius 2 is 1.44 bits per heavy atom. The van der Waals surface area contributed by atoms with Gasteiger partial charge < -0.3 is 9.64 Å². The number of esters is 1. The highest BCUT2D eigenvalue weighted by Crippen LogP contribution is 2.13. The molecule has 0 amide bonds. The Morgan fingerprint density at radius 1 is 0.844 bits per heavy atom. The highest BCUT2D eigenvalue weighted by Gasteiger charge is 2.16. The maximum Gasteiger partial charge on any atom is 0.305 e. The second-order valence-corrected chi connectivity index (χ2v) is 8.88. The molecule has 1 heterocycles. The van der Waals surface area contributed by atoms with E-state index in [1.165, 1.54) is 70.0 Å². The van der Waals surface area contributed by atoms with E-state index in [0.29, 0.717) is 13.0 Å². The van der Waals surface area contributed by atoms with Crippen LogP contribution in [-0.2, 0) is 9.53 Å². The van der Waals surface area contributed by atoms with E-state index in [1.54, 1.807) is 0 Å². The van der Waals surface area contributed by atoms with E-state index in [2.05, 4.69) is 48.0 Å². The van der Waals surface area contributed by atoms with E-state index >= 15 is 0 Å². The van der Waals surface area contributed by atoms with Gasteiger partial charge in [0, 0.05) is 19.4 Å². The smallest absolute Gasteiger partial charge is 0.305 e. The first-order chi connectivity index (χ1) is 15.8. The third kappa shape index (κ3) is 16.1. The number of aliphatic imine (C=N–C) groups is 1. The van der Waals surface area contributed by atoms with Gasteiger partial charge in [-0.1, -0.05) is 76.7 Å². The molecule has 0 spiro atoms. The van der Waals surface area contributed by atoms with Gasteiger partial charge in [-0.25, -0.2) is 0 Å². The molecule has 1 aliphatic heterocycles. The summed E-state index contributed by atoms with van der Waals surface area (Å²) in [6.45, 7) is 7.51. The fraction of sp³-hybridized carbons (Fsp3) is 0.786. The average Bonchev–Trinajstić information content (AvgIpc) is 3.24. The minimum Gasteiger partial charge on any atom is -0.464 e. The summed E-state index contributed by atoms with van der Waals surface area (Å²) in [5, 5.41) is 0. The van der Waals surface area contributed by atoms with Crippen LogP contribution in [0.1, 0.15) is 117 Å². The summed E-state index contributed by atoms with van der Waals surface area (Å²) in [6.07, 6.45) is 27.7. The standard InChI is InChI=1S/C28H50N2O2/c1-3-5-7-9-11-13-15-17-19-21-27-29-23-24-30(27)25-26-32-28(31)22-20-18-16-14-12-10-8-6-4-2/h5-8H,3-4,9-26H2,1-2H3/b7-5+,8-6+. The second kappa shape index (κ2) is 21.3. The molecular weight excluding hydrogens is 396 g/mol. The molecule has 0 aromatic heterocycles. The lowest BCUT2D eigenvalue weighted by Crippen LogP contribution is -2.31. The average molecular weight is 447 g/mol. The molecule has 0 bridgehead atoms. The van der Waals surface area contributed by atoms with Crippen molar-refractivity contribution in [2.24, 2.45) is 4.99 Å². The van der Waals surface area contributed by atoms with Gasteiger partial charge in [-0.2, -0.15) is 0 Å². The molecule has 0 unspecified atom stereocenters. The predicted molar refractivity (Wildman–Crippen MR) is 138 cm³/mol. The number of nitrogens with zero attached hydrogens (tertiary/aromatic N) is 2. The van der Waals surface area contributed by atoms with Gasteiger partial charge in [0.1, 0.15) is 6.61 Å². The lowest BCUT2D eigenvalue weighted by molar-refractivity contribution is -0.143. The van der Waals surface area contributed by atoms with Crippen molar-refractivity contribution in [3.63, 3.8) is 0 Å². The molecular formula is C28H50N2O2. The van der Waals surface area contributed by atoms with E-state index in [4.69, 9.17) is 4.74 Å². The van der Waals surface area contributed by atoms with Crippen LogP contribution in [-0.4, -0.2) is 42.9 Å². The lowest BCUT2D eigenvalue weighted by atomic mass is 10.1. The maximum atomic E-state index is 12.0. The summed E-state index contributed by atoms with van der Waals surface area (Å²) >= 11 is 0. The van der Waals surface area contributed by atoms with Crippen LogP contribution in [0.5, 0.6) is 0 Å².